The molecule has 0 unspecified atom stereocenters. The number of benzene rings is 1. The second-order valence-corrected chi connectivity index (χ2v) is 5.06. The quantitative estimate of drug-likeness (QED) is 0.825. The Hall–Kier alpha value is -0.820. The minimum atomic E-state index is 0.283. The van der Waals surface area contributed by atoms with Crippen molar-refractivity contribution in [2.45, 2.75) is 50.9 Å². The van der Waals surface area contributed by atoms with Gasteiger partial charge in [-0.1, -0.05) is 50.5 Å². The van der Waals surface area contributed by atoms with Gasteiger partial charge in [0.15, 0.2) is 0 Å². The van der Waals surface area contributed by atoms with Gasteiger partial charge in [-0.15, -0.1) is 0 Å². The first-order valence-electron chi connectivity index (χ1n) is 6.61. The summed E-state index contributed by atoms with van der Waals surface area (Å²) in [5, 5.41) is 0. The fourth-order valence-electron chi connectivity index (χ4n) is 3.16. The molecular formula is C15H23N. The van der Waals surface area contributed by atoms with E-state index in [0.717, 1.165) is 13.0 Å². The van der Waals surface area contributed by atoms with Crippen molar-refractivity contribution in [2.75, 3.05) is 6.54 Å². The molecule has 1 heteroatoms. The van der Waals surface area contributed by atoms with Crippen LogP contribution in [0.5, 0.6) is 0 Å². The van der Waals surface area contributed by atoms with Crippen LogP contribution >= 0.6 is 0 Å². The number of aryl methyl sites for hydroxylation is 1. The van der Waals surface area contributed by atoms with Crippen LogP contribution in [0.1, 0.15) is 50.2 Å². The number of rotatable bonds is 3. The summed E-state index contributed by atoms with van der Waals surface area (Å²) in [7, 11) is 0. The molecule has 1 aromatic rings. The molecule has 0 spiro atoms. The van der Waals surface area contributed by atoms with Crippen LogP contribution in [-0.2, 0) is 11.8 Å². The lowest BCUT2D eigenvalue weighted by atomic mass is 9.68. The van der Waals surface area contributed by atoms with E-state index in [-0.39, 0.29) is 5.41 Å². The van der Waals surface area contributed by atoms with Gasteiger partial charge in [-0.2, -0.15) is 0 Å². The largest absolute Gasteiger partial charge is 0.330 e. The van der Waals surface area contributed by atoms with Crippen LogP contribution in [0.3, 0.4) is 0 Å². The van der Waals surface area contributed by atoms with Gasteiger partial charge < -0.3 is 5.73 Å². The highest BCUT2D eigenvalue weighted by molar-refractivity contribution is 5.35. The molecule has 88 valence electrons. The molecule has 0 amide bonds. The van der Waals surface area contributed by atoms with Crippen molar-refractivity contribution in [3.05, 3.63) is 35.4 Å². The SMILES string of the molecule is CCc1ccccc1C1(CN)CCCCC1. The van der Waals surface area contributed by atoms with Gasteiger partial charge in [-0.05, 0) is 30.4 Å². The van der Waals surface area contributed by atoms with Crippen LogP contribution in [0.2, 0.25) is 0 Å². The maximum Gasteiger partial charge on any atom is 0.00782 e. The zero-order chi connectivity index (χ0) is 11.4. The lowest BCUT2D eigenvalue weighted by molar-refractivity contribution is 0.299. The van der Waals surface area contributed by atoms with Crippen LogP contribution in [-0.4, -0.2) is 6.54 Å². The highest BCUT2D eigenvalue weighted by atomic mass is 14.6. The van der Waals surface area contributed by atoms with E-state index in [9.17, 15) is 0 Å². The molecular weight excluding hydrogens is 194 g/mol. The predicted octanol–water partition coefficient (Wildman–Crippen LogP) is 3.41. The van der Waals surface area contributed by atoms with Crippen LogP contribution in [0.4, 0.5) is 0 Å². The fraction of sp³-hybridized carbons (Fsp3) is 0.600. The molecule has 1 aromatic carbocycles. The Balaban J connectivity index is 2.38. The molecule has 1 aliphatic rings. The minimum Gasteiger partial charge on any atom is -0.330 e. The van der Waals surface area contributed by atoms with E-state index in [0.29, 0.717) is 0 Å². The number of hydrogen-bond donors (Lipinski definition) is 1. The number of hydrogen-bond acceptors (Lipinski definition) is 1. The molecule has 2 rings (SSSR count). The van der Waals surface area contributed by atoms with E-state index in [1.807, 2.05) is 0 Å². The van der Waals surface area contributed by atoms with Gasteiger partial charge in [0.05, 0.1) is 0 Å². The zero-order valence-corrected chi connectivity index (χ0v) is 10.3. The Kier molecular flexibility index (Phi) is 3.65. The summed E-state index contributed by atoms with van der Waals surface area (Å²) >= 11 is 0. The lowest BCUT2D eigenvalue weighted by Crippen LogP contribution is -2.37. The smallest absolute Gasteiger partial charge is 0.00782 e. The first kappa shape index (κ1) is 11.7. The van der Waals surface area contributed by atoms with Crippen molar-refractivity contribution in [3.8, 4) is 0 Å². The molecule has 1 nitrogen and oxygen atoms in total. The van der Waals surface area contributed by atoms with Gasteiger partial charge in [0, 0.05) is 12.0 Å². The van der Waals surface area contributed by atoms with E-state index >= 15 is 0 Å². The Labute approximate surface area is 99.0 Å². The van der Waals surface area contributed by atoms with Crippen molar-refractivity contribution in [1.29, 1.82) is 0 Å². The van der Waals surface area contributed by atoms with Crippen molar-refractivity contribution in [3.63, 3.8) is 0 Å². The molecule has 0 bridgehead atoms. The Morgan fingerprint density at radius 3 is 2.44 bits per heavy atom. The molecule has 0 aliphatic heterocycles. The molecule has 2 N–H and O–H groups in total. The predicted molar refractivity (Wildman–Crippen MR) is 69.6 cm³/mol. The second-order valence-electron chi connectivity index (χ2n) is 5.06. The molecule has 1 aliphatic carbocycles. The van der Waals surface area contributed by atoms with Crippen molar-refractivity contribution >= 4 is 0 Å². The third-order valence-corrected chi connectivity index (χ3v) is 4.17. The molecule has 0 atom stereocenters. The fourth-order valence-corrected chi connectivity index (χ4v) is 3.16. The van der Waals surface area contributed by atoms with Gasteiger partial charge in [-0.3, -0.25) is 0 Å². The first-order valence-corrected chi connectivity index (χ1v) is 6.61. The summed E-state index contributed by atoms with van der Waals surface area (Å²) < 4.78 is 0. The van der Waals surface area contributed by atoms with Gasteiger partial charge in [0.2, 0.25) is 0 Å². The van der Waals surface area contributed by atoms with E-state index < -0.39 is 0 Å². The van der Waals surface area contributed by atoms with Gasteiger partial charge in [-0.25, -0.2) is 0 Å². The van der Waals surface area contributed by atoms with E-state index in [4.69, 9.17) is 5.73 Å². The monoisotopic (exact) mass is 217 g/mol. The normalized spacial score (nSPS) is 19.6. The Bertz CT molecular complexity index is 337. The summed E-state index contributed by atoms with van der Waals surface area (Å²) in [5.41, 5.74) is 9.40. The standard InChI is InChI=1S/C15H23N/c1-2-13-8-4-5-9-14(13)15(12-16)10-6-3-7-11-15/h4-5,8-9H,2-3,6-7,10-12,16H2,1H3. The second kappa shape index (κ2) is 5.01. The maximum atomic E-state index is 6.09. The third kappa shape index (κ3) is 2.01. The Morgan fingerprint density at radius 2 is 1.81 bits per heavy atom. The maximum absolute atomic E-state index is 6.09. The highest BCUT2D eigenvalue weighted by Crippen LogP contribution is 2.40. The molecule has 0 saturated heterocycles. The van der Waals surface area contributed by atoms with E-state index in [2.05, 4.69) is 31.2 Å². The molecule has 16 heavy (non-hydrogen) atoms. The van der Waals surface area contributed by atoms with E-state index in [1.165, 1.54) is 43.2 Å². The molecule has 1 saturated carbocycles. The molecule has 0 radical (unpaired) electrons. The van der Waals surface area contributed by atoms with Crippen molar-refractivity contribution < 1.29 is 0 Å². The summed E-state index contributed by atoms with van der Waals surface area (Å²) in [6.45, 7) is 3.05. The summed E-state index contributed by atoms with van der Waals surface area (Å²) in [6.07, 6.45) is 7.75. The van der Waals surface area contributed by atoms with Crippen LogP contribution in [0, 0.1) is 0 Å². The topological polar surface area (TPSA) is 26.0 Å². The number of nitrogens with two attached hydrogens (primary N) is 1. The molecule has 0 heterocycles. The third-order valence-electron chi connectivity index (χ3n) is 4.17. The highest BCUT2D eigenvalue weighted by Gasteiger charge is 2.33. The summed E-state index contributed by atoms with van der Waals surface area (Å²) in [5.74, 6) is 0. The van der Waals surface area contributed by atoms with Crippen molar-refractivity contribution in [1.82, 2.24) is 0 Å². The first-order chi connectivity index (χ1) is 7.82. The summed E-state index contributed by atoms with van der Waals surface area (Å²) in [6, 6.07) is 8.88. The van der Waals surface area contributed by atoms with Gasteiger partial charge >= 0.3 is 0 Å². The van der Waals surface area contributed by atoms with Crippen molar-refractivity contribution in [2.24, 2.45) is 5.73 Å². The average Bonchev–Trinajstić information content (AvgIpc) is 2.39. The summed E-state index contributed by atoms with van der Waals surface area (Å²) in [4.78, 5) is 0. The Morgan fingerprint density at radius 1 is 1.12 bits per heavy atom. The van der Waals surface area contributed by atoms with Crippen LogP contribution in [0.25, 0.3) is 0 Å². The van der Waals surface area contributed by atoms with E-state index in [1.54, 1.807) is 0 Å². The average molecular weight is 217 g/mol. The zero-order valence-electron chi connectivity index (χ0n) is 10.3. The molecule has 0 aromatic heterocycles. The van der Waals surface area contributed by atoms with Crippen LogP contribution in [0.15, 0.2) is 24.3 Å². The van der Waals surface area contributed by atoms with Gasteiger partial charge in [0.25, 0.3) is 0 Å². The lowest BCUT2D eigenvalue weighted by Gasteiger charge is -2.38. The minimum absolute atomic E-state index is 0.283. The molecule has 1 fully saturated rings. The van der Waals surface area contributed by atoms with Crippen LogP contribution < -0.4 is 5.73 Å². The van der Waals surface area contributed by atoms with Gasteiger partial charge in [0.1, 0.15) is 0 Å².